The summed E-state index contributed by atoms with van der Waals surface area (Å²) in [6.07, 6.45) is 2.27. The van der Waals surface area contributed by atoms with Crippen molar-refractivity contribution in [1.82, 2.24) is 0 Å². The monoisotopic (exact) mass is 305 g/mol. The van der Waals surface area contributed by atoms with Gasteiger partial charge in [-0.05, 0) is 19.4 Å². The minimum absolute atomic E-state index is 0.0612. The molecule has 0 fully saturated rings. The van der Waals surface area contributed by atoms with Crippen LogP contribution in [0.5, 0.6) is 0 Å². The Kier molecular flexibility index (Phi) is 5.33. The molecule has 0 bridgehead atoms. The third-order valence-corrected chi connectivity index (χ3v) is 4.17. The van der Waals surface area contributed by atoms with Crippen molar-refractivity contribution in [3.8, 4) is 0 Å². The SMILES string of the molecule is CCCCC(=O)Nc1sc2ccccc2c1C(=O)OCC. The summed E-state index contributed by atoms with van der Waals surface area (Å²) < 4.78 is 6.08. The Morgan fingerprint density at radius 3 is 2.71 bits per heavy atom. The van der Waals surface area contributed by atoms with Crippen LogP contribution in [0.2, 0.25) is 0 Å². The van der Waals surface area contributed by atoms with E-state index in [1.165, 1.54) is 11.3 Å². The molecule has 2 aromatic rings. The first-order valence-electron chi connectivity index (χ1n) is 7.15. The largest absolute Gasteiger partial charge is 0.462 e. The van der Waals surface area contributed by atoms with E-state index in [-0.39, 0.29) is 11.9 Å². The van der Waals surface area contributed by atoms with Gasteiger partial charge in [-0.15, -0.1) is 11.3 Å². The maximum atomic E-state index is 12.2. The summed E-state index contributed by atoms with van der Waals surface area (Å²) in [5.41, 5.74) is 0.460. The van der Waals surface area contributed by atoms with E-state index in [9.17, 15) is 9.59 Å². The molecule has 0 saturated heterocycles. The molecule has 0 atom stereocenters. The van der Waals surface area contributed by atoms with Gasteiger partial charge >= 0.3 is 5.97 Å². The zero-order valence-corrected chi connectivity index (χ0v) is 13.1. The molecule has 0 saturated carbocycles. The third kappa shape index (κ3) is 3.61. The highest BCUT2D eigenvalue weighted by Gasteiger charge is 2.21. The van der Waals surface area contributed by atoms with Gasteiger partial charge < -0.3 is 10.1 Å². The highest BCUT2D eigenvalue weighted by atomic mass is 32.1. The zero-order valence-electron chi connectivity index (χ0n) is 12.3. The molecule has 112 valence electrons. The minimum atomic E-state index is -0.388. The Balaban J connectivity index is 2.35. The van der Waals surface area contributed by atoms with Crippen molar-refractivity contribution in [3.63, 3.8) is 0 Å². The predicted molar refractivity (Wildman–Crippen MR) is 85.9 cm³/mol. The fourth-order valence-electron chi connectivity index (χ4n) is 2.07. The first-order valence-corrected chi connectivity index (χ1v) is 7.97. The average Bonchev–Trinajstić information content (AvgIpc) is 2.83. The number of hydrogen-bond acceptors (Lipinski definition) is 4. The average molecular weight is 305 g/mol. The maximum Gasteiger partial charge on any atom is 0.341 e. The van der Waals surface area contributed by atoms with Gasteiger partial charge in [0.1, 0.15) is 10.6 Å². The number of benzene rings is 1. The highest BCUT2D eigenvalue weighted by molar-refractivity contribution is 7.23. The first-order chi connectivity index (χ1) is 10.2. The second kappa shape index (κ2) is 7.22. The van der Waals surface area contributed by atoms with Crippen LogP contribution < -0.4 is 5.32 Å². The lowest BCUT2D eigenvalue weighted by atomic mass is 10.1. The van der Waals surface area contributed by atoms with Gasteiger partial charge in [0.15, 0.2) is 0 Å². The second-order valence-electron chi connectivity index (χ2n) is 4.67. The molecule has 5 heteroatoms. The molecule has 1 heterocycles. The van der Waals surface area contributed by atoms with Crippen LogP contribution in [0.4, 0.5) is 5.00 Å². The number of nitrogens with one attached hydrogen (secondary N) is 1. The van der Waals surface area contributed by atoms with Crippen LogP contribution in [-0.4, -0.2) is 18.5 Å². The van der Waals surface area contributed by atoms with E-state index >= 15 is 0 Å². The molecule has 1 aromatic carbocycles. The Hall–Kier alpha value is -1.88. The van der Waals surface area contributed by atoms with Gasteiger partial charge in [0.05, 0.1) is 6.61 Å². The van der Waals surface area contributed by atoms with Gasteiger partial charge in [0.25, 0.3) is 0 Å². The number of carbonyl (C=O) groups is 2. The lowest BCUT2D eigenvalue weighted by molar-refractivity contribution is -0.116. The second-order valence-corrected chi connectivity index (χ2v) is 5.73. The molecule has 0 aliphatic carbocycles. The molecule has 0 spiro atoms. The number of anilines is 1. The number of fused-ring (bicyclic) bond motifs is 1. The van der Waals surface area contributed by atoms with E-state index in [1.807, 2.05) is 31.2 Å². The smallest absolute Gasteiger partial charge is 0.341 e. The van der Waals surface area contributed by atoms with Gasteiger partial charge in [-0.2, -0.15) is 0 Å². The van der Waals surface area contributed by atoms with E-state index < -0.39 is 0 Å². The number of rotatable bonds is 6. The van der Waals surface area contributed by atoms with Crippen LogP contribution in [0, 0.1) is 0 Å². The Morgan fingerprint density at radius 1 is 1.24 bits per heavy atom. The molecular formula is C16H19NO3S. The molecule has 2 rings (SSSR count). The Labute approximate surface area is 128 Å². The van der Waals surface area contributed by atoms with Crippen molar-refractivity contribution < 1.29 is 14.3 Å². The third-order valence-electron chi connectivity index (χ3n) is 3.09. The molecule has 1 aromatic heterocycles. The summed E-state index contributed by atoms with van der Waals surface area (Å²) in [6, 6.07) is 7.60. The van der Waals surface area contributed by atoms with Crippen molar-refractivity contribution in [1.29, 1.82) is 0 Å². The topological polar surface area (TPSA) is 55.4 Å². The normalized spacial score (nSPS) is 10.6. The van der Waals surface area contributed by atoms with Crippen LogP contribution in [0.25, 0.3) is 10.1 Å². The van der Waals surface area contributed by atoms with Gasteiger partial charge in [-0.1, -0.05) is 31.5 Å². The maximum absolute atomic E-state index is 12.2. The van der Waals surface area contributed by atoms with Gasteiger partial charge in [-0.25, -0.2) is 4.79 Å². The fraction of sp³-hybridized carbons (Fsp3) is 0.375. The van der Waals surface area contributed by atoms with Gasteiger partial charge in [-0.3, -0.25) is 4.79 Å². The van der Waals surface area contributed by atoms with Crippen molar-refractivity contribution >= 4 is 38.3 Å². The van der Waals surface area contributed by atoms with Crippen LogP contribution in [0.1, 0.15) is 43.5 Å². The van der Waals surface area contributed by atoms with Crippen molar-refractivity contribution in [2.24, 2.45) is 0 Å². The molecule has 0 aliphatic heterocycles. The summed E-state index contributed by atoms with van der Waals surface area (Å²) in [7, 11) is 0. The molecule has 0 radical (unpaired) electrons. The summed E-state index contributed by atoms with van der Waals surface area (Å²) in [5, 5.41) is 4.26. The summed E-state index contributed by atoms with van der Waals surface area (Å²) in [4.78, 5) is 24.1. The first kappa shape index (κ1) is 15.5. The number of esters is 1. The van der Waals surface area contributed by atoms with E-state index in [4.69, 9.17) is 4.74 Å². The summed E-state index contributed by atoms with van der Waals surface area (Å²) in [6.45, 7) is 4.12. The fourth-order valence-corrected chi connectivity index (χ4v) is 3.17. The molecule has 0 unspecified atom stereocenters. The van der Waals surface area contributed by atoms with Crippen LogP contribution >= 0.6 is 11.3 Å². The number of ether oxygens (including phenoxy) is 1. The molecule has 1 amide bonds. The molecule has 1 N–H and O–H groups in total. The zero-order chi connectivity index (χ0) is 15.2. The number of hydrogen-bond donors (Lipinski definition) is 1. The number of unbranched alkanes of at least 4 members (excludes halogenated alkanes) is 1. The van der Waals surface area contributed by atoms with Gasteiger partial charge in [0, 0.05) is 16.5 Å². The van der Waals surface area contributed by atoms with Crippen LogP contribution in [0.15, 0.2) is 24.3 Å². The van der Waals surface area contributed by atoms with E-state index in [0.717, 1.165) is 22.9 Å². The number of carbonyl (C=O) groups excluding carboxylic acids is 2. The van der Waals surface area contributed by atoms with Crippen LogP contribution in [-0.2, 0) is 9.53 Å². The predicted octanol–water partition coefficient (Wildman–Crippen LogP) is 4.21. The quantitative estimate of drug-likeness (QED) is 0.813. The Morgan fingerprint density at radius 2 is 2.00 bits per heavy atom. The van der Waals surface area contributed by atoms with E-state index in [2.05, 4.69) is 5.32 Å². The highest BCUT2D eigenvalue weighted by Crippen LogP contribution is 2.36. The number of amides is 1. The lowest BCUT2D eigenvalue weighted by Crippen LogP contribution is -2.13. The van der Waals surface area contributed by atoms with Crippen LogP contribution in [0.3, 0.4) is 0 Å². The van der Waals surface area contributed by atoms with Gasteiger partial charge in [0.2, 0.25) is 5.91 Å². The van der Waals surface area contributed by atoms with Crippen molar-refractivity contribution in [2.45, 2.75) is 33.1 Å². The molecule has 21 heavy (non-hydrogen) atoms. The lowest BCUT2D eigenvalue weighted by Gasteiger charge is -2.06. The van der Waals surface area contributed by atoms with Crippen molar-refractivity contribution in [3.05, 3.63) is 29.8 Å². The van der Waals surface area contributed by atoms with E-state index in [1.54, 1.807) is 6.92 Å². The summed E-state index contributed by atoms with van der Waals surface area (Å²) >= 11 is 1.41. The minimum Gasteiger partial charge on any atom is -0.462 e. The molecule has 4 nitrogen and oxygen atoms in total. The molecular weight excluding hydrogens is 286 g/mol. The Bertz CT molecular complexity index is 648. The number of thiophene rings is 1. The van der Waals surface area contributed by atoms with E-state index in [0.29, 0.717) is 23.6 Å². The summed E-state index contributed by atoms with van der Waals surface area (Å²) in [5.74, 6) is -0.449. The molecule has 0 aliphatic rings. The van der Waals surface area contributed by atoms with Crippen molar-refractivity contribution in [2.75, 3.05) is 11.9 Å². The standard InChI is InChI=1S/C16H19NO3S/c1-3-5-10-13(18)17-15-14(16(19)20-4-2)11-8-6-7-9-12(11)21-15/h6-9H,3-5,10H2,1-2H3,(H,17,18).